The van der Waals surface area contributed by atoms with E-state index >= 15 is 0 Å². The summed E-state index contributed by atoms with van der Waals surface area (Å²) in [6.45, 7) is 3.50. The first kappa shape index (κ1) is 18.8. The number of sulfonamides is 1. The minimum absolute atomic E-state index is 0.0876. The van der Waals surface area contributed by atoms with Gasteiger partial charge in [0.05, 0.1) is 9.82 Å². The van der Waals surface area contributed by atoms with Crippen LogP contribution in [-0.4, -0.2) is 43.8 Å². The number of rotatable bonds is 4. The number of nitro groups is 1. The van der Waals surface area contributed by atoms with Crippen LogP contribution in [0.5, 0.6) is 0 Å². The highest BCUT2D eigenvalue weighted by Gasteiger charge is 2.29. The number of anilines is 1. The van der Waals surface area contributed by atoms with Crippen LogP contribution in [0.1, 0.15) is 5.56 Å². The first-order valence-electron chi connectivity index (χ1n) is 8.05. The maximum Gasteiger partial charge on any atom is 0.272 e. The number of halogens is 1. The second-order valence-electron chi connectivity index (χ2n) is 6.08. The Morgan fingerprint density at radius 2 is 1.77 bits per heavy atom. The fraction of sp³-hybridized carbons (Fsp3) is 0.294. The third kappa shape index (κ3) is 3.74. The molecule has 2 aromatic rings. The smallest absolute Gasteiger partial charge is 0.272 e. The van der Waals surface area contributed by atoms with E-state index in [0.29, 0.717) is 31.7 Å². The van der Waals surface area contributed by atoms with E-state index < -0.39 is 14.9 Å². The molecule has 1 aliphatic heterocycles. The monoisotopic (exact) mass is 439 g/mol. The first-order chi connectivity index (χ1) is 12.3. The van der Waals surface area contributed by atoms with Gasteiger partial charge in [0.2, 0.25) is 10.0 Å². The van der Waals surface area contributed by atoms with E-state index in [0.717, 1.165) is 10.2 Å². The Labute approximate surface area is 160 Å². The third-order valence-electron chi connectivity index (χ3n) is 4.41. The highest BCUT2D eigenvalue weighted by molar-refractivity contribution is 9.10. The summed E-state index contributed by atoms with van der Waals surface area (Å²) >= 11 is 3.30. The second kappa shape index (κ2) is 7.34. The van der Waals surface area contributed by atoms with Crippen molar-refractivity contribution in [2.24, 2.45) is 0 Å². The van der Waals surface area contributed by atoms with E-state index in [1.54, 1.807) is 43.3 Å². The molecule has 1 aliphatic rings. The van der Waals surface area contributed by atoms with Crippen molar-refractivity contribution in [1.82, 2.24) is 4.31 Å². The molecule has 1 fully saturated rings. The van der Waals surface area contributed by atoms with Gasteiger partial charge in [-0.2, -0.15) is 4.31 Å². The van der Waals surface area contributed by atoms with Crippen LogP contribution in [0.2, 0.25) is 0 Å². The summed E-state index contributed by atoms with van der Waals surface area (Å²) in [5.41, 5.74) is 1.55. The fourth-order valence-corrected chi connectivity index (χ4v) is 5.02. The van der Waals surface area contributed by atoms with Crippen LogP contribution in [0.25, 0.3) is 0 Å². The maximum absolute atomic E-state index is 12.8. The zero-order valence-corrected chi connectivity index (χ0v) is 16.5. The lowest BCUT2D eigenvalue weighted by molar-refractivity contribution is -0.385. The molecular formula is C17H18BrN3O4S. The first-order valence-corrected chi connectivity index (χ1v) is 10.3. The van der Waals surface area contributed by atoms with Gasteiger partial charge in [-0.25, -0.2) is 8.42 Å². The molecule has 0 unspecified atom stereocenters. The molecule has 0 radical (unpaired) electrons. The van der Waals surface area contributed by atoms with Gasteiger partial charge in [-0.15, -0.1) is 0 Å². The van der Waals surface area contributed by atoms with Crippen LogP contribution in [0.3, 0.4) is 0 Å². The van der Waals surface area contributed by atoms with E-state index in [9.17, 15) is 18.5 Å². The molecule has 3 rings (SSSR count). The van der Waals surface area contributed by atoms with E-state index in [4.69, 9.17) is 0 Å². The maximum atomic E-state index is 12.8. The third-order valence-corrected chi connectivity index (χ3v) is 6.80. The van der Waals surface area contributed by atoms with Gasteiger partial charge in [0.15, 0.2) is 0 Å². The Balaban J connectivity index is 1.73. The molecule has 0 bridgehead atoms. The zero-order chi connectivity index (χ0) is 18.9. The molecule has 138 valence electrons. The Kier molecular flexibility index (Phi) is 5.31. The molecule has 0 amide bonds. The minimum atomic E-state index is -3.53. The lowest BCUT2D eigenvalue weighted by Crippen LogP contribution is -2.48. The standard InChI is InChI=1S/C17H18BrN3O4S/c1-13-11-15(5-6-17(13)21(22)23)19-7-9-20(10-8-19)26(24,25)16-4-2-3-14(18)12-16/h2-6,11-12H,7-10H2,1H3. The highest BCUT2D eigenvalue weighted by Crippen LogP contribution is 2.26. The second-order valence-corrected chi connectivity index (χ2v) is 8.93. The van der Waals surface area contributed by atoms with E-state index in [-0.39, 0.29) is 10.6 Å². The van der Waals surface area contributed by atoms with Crippen LogP contribution in [0, 0.1) is 17.0 Å². The Morgan fingerprint density at radius 3 is 2.35 bits per heavy atom. The van der Waals surface area contributed by atoms with Gasteiger partial charge in [-0.1, -0.05) is 22.0 Å². The van der Waals surface area contributed by atoms with Gasteiger partial charge in [-0.05, 0) is 37.3 Å². The molecule has 0 N–H and O–H groups in total. The molecule has 9 heteroatoms. The van der Waals surface area contributed by atoms with Crippen LogP contribution in [0.15, 0.2) is 51.8 Å². The lowest BCUT2D eigenvalue weighted by atomic mass is 10.1. The number of nitrogens with zero attached hydrogens (tertiary/aromatic N) is 3. The van der Waals surface area contributed by atoms with Gasteiger partial charge in [0, 0.05) is 48.0 Å². The number of benzene rings is 2. The average Bonchev–Trinajstić information content (AvgIpc) is 2.61. The summed E-state index contributed by atoms with van der Waals surface area (Å²) in [5, 5.41) is 10.9. The van der Waals surface area contributed by atoms with Crippen LogP contribution in [0.4, 0.5) is 11.4 Å². The van der Waals surface area contributed by atoms with Crippen molar-refractivity contribution in [3.05, 3.63) is 62.6 Å². The van der Waals surface area contributed by atoms with Gasteiger partial charge < -0.3 is 4.90 Å². The van der Waals surface area contributed by atoms with Gasteiger partial charge in [0.25, 0.3) is 5.69 Å². The lowest BCUT2D eigenvalue weighted by Gasteiger charge is -2.35. The fourth-order valence-electron chi connectivity index (χ4n) is 3.00. The number of nitro benzene ring substituents is 1. The van der Waals surface area contributed by atoms with Crippen LogP contribution >= 0.6 is 15.9 Å². The van der Waals surface area contributed by atoms with Crippen LogP contribution < -0.4 is 4.90 Å². The Hall–Kier alpha value is -1.97. The topological polar surface area (TPSA) is 83.8 Å². The van der Waals surface area contributed by atoms with E-state index in [1.807, 2.05) is 4.90 Å². The SMILES string of the molecule is Cc1cc(N2CCN(S(=O)(=O)c3cccc(Br)c3)CC2)ccc1[N+](=O)[O-]. The van der Waals surface area contributed by atoms with Crippen molar-refractivity contribution >= 4 is 37.3 Å². The van der Waals surface area contributed by atoms with Gasteiger partial charge in [0.1, 0.15) is 0 Å². The summed E-state index contributed by atoms with van der Waals surface area (Å²) in [5.74, 6) is 0. The average molecular weight is 440 g/mol. The van der Waals surface area contributed by atoms with Crippen molar-refractivity contribution in [3.63, 3.8) is 0 Å². The molecule has 0 atom stereocenters. The van der Waals surface area contributed by atoms with E-state index in [1.165, 1.54) is 10.4 Å². The minimum Gasteiger partial charge on any atom is -0.369 e. The predicted octanol–water partition coefficient (Wildman–Crippen LogP) is 3.18. The number of piperazine rings is 1. The van der Waals surface area contributed by atoms with Crippen molar-refractivity contribution in [2.75, 3.05) is 31.1 Å². The molecule has 26 heavy (non-hydrogen) atoms. The van der Waals surface area contributed by atoms with E-state index in [2.05, 4.69) is 15.9 Å². The Bertz CT molecular complexity index is 941. The quantitative estimate of drug-likeness (QED) is 0.539. The number of hydrogen-bond donors (Lipinski definition) is 0. The molecule has 2 aromatic carbocycles. The summed E-state index contributed by atoms with van der Waals surface area (Å²) in [6, 6.07) is 11.7. The molecule has 1 heterocycles. The summed E-state index contributed by atoms with van der Waals surface area (Å²) in [6.07, 6.45) is 0. The highest BCUT2D eigenvalue weighted by atomic mass is 79.9. The van der Waals surface area contributed by atoms with Crippen molar-refractivity contribution < 1.29 is 13.3 Å². The Morgan fingerprint density at radius 1 is 1.08 bits per heavy atom. The molecular weight excluding hydrogens is 422 g/mol. The molecule has 0 spiro atoms. The normalized spacial score (nSPS) is 15.8. The van der Waals surface area contributed by atoms with Gasteiger partial charge >= 0.3 is 0 Å². The molecule has 0 aromatic heterocycles. The summed E-state index contributed by atoms with van der Waals surface area (Å²) < 4.78 is 27.7. The molecule has 7 nitrogen and oxygen atoms in total. The summed E-state index contributed by atoms with van der Waals surface area (Å²) in [4.78, 5) is 12.9. The van der Waals surface area contributed by atoms with Crippen molar-refractivity contribution in [3.8, 4) is 0 Å². The number of aryl methyl sites for hydroxylation is 1. The molecule has 0 saturated carbocycles. The largest absolute Gasteiger partial charge is 0.369 e. The molecule has 1 saturated heterocycles. The molecule has 0 aliphatic carbocycles. The van der Waals surface area contributed by atoms with Crippen molar-refractivity contribution in [1.29, 1.82) is 0 Å². The summed E-state index contributed by atoms with van der Waals surface area (Å²) in [7, 11) is -3.53. The van der Waals surface area contributed by atoms with Crippen molar-refractivity contribution in [2.45, 2.75) is 11.8 Å². The van der Waals surface area contributed by atoms with Crippen LogP contribution in [-0.2, 0) is 10.0 Å². The predicted molar refractivity (Wildman–Crippen MR) is 103 cm³/mol. The zero-order valence-electron chi connectivity index (χ0n) is 14.1. The number of hydrogen-bond acceptors (Lipinski definition) is 5. The van der Waals surface area contributed by atoms with Gasteiger partial charge in [-0.3, -0.25) is 10.1 Å².